The topological polar surface area (TPSA) is 77.3 Å². The molecule has 17 heavy (non-hydrogen) atoms. The molecule has 98 valence electrons. The lowest BCUT2D eigenvalue weighted by Crippen LogP contribution is -2.52. The predicted octanol–water partition coefficient (Wildman–Crippen LogP) is 1.91. The maximum atomic E-state index is 12.7. The first-order valence-corrected chi connectivity index (χ1v) is 4.81. The lowest BCUT2D eigenvalue weighted by atomic mass is 9.87. The third-order valence-corrected chi connectivity index (χ3v) is 2.44. The number of aldehydes is 1. The Hall–Kier alpha value is -1.47. The lowest BCUT2D eigenvalue weighted by Gasteiger charge is -2.26. The zero-order valence-electron chi connectivity index (χ0n) is 9.12. The van der Waals surface area contributed by atoms with Crippen molar-refractivity contribution in [1.29, 1.82) is 0 Å². The maximum absolute atomic E-state index is 12.7. The molecule has 0 amide bonds. The van der Waals surface area contributed by atoms with Gasteiger partial charge in [0.2, 0.25) is 0 Å². The molecule has 0 heterocycles. The average Bonchev–Trinajstić information content (AvgIpc) is 2.15. The number of halogens is 3. The van der Waals surface area contributed by atoms with Crippen molar-refractivity contribution < 1.29 is 27.7 Å². The van der Waals surface area contributed by atoms with Crippen LogP contribution < -0.4 is 0 Å². The van der Waals surface area contributed by atoms with Gasteiger partial charge in [-0.15, -0.1) is 0 Å². The lowest BCUT2D eigenvalue weighted by molar-refractivity contribution is -0.615. The van der Waals surface area contributed by atoms with Crippen LogP contribution in [0.3, 0.4) is 0 Å². The van der Waals surface area contributed by atoms with Crippen molar-refractivity contribution in [2.24, 2.45) is 0 Å². The summed E-state index contributed by atoms with van der Waals surface area (Å²) < 4.78 is 38.2. The summed E-state index contributed by atoms with van der Waals surface area (Å²) in [7, 11) is 0. The van der Waals surface area contributed by atoms with Crippen molar-refractivity contribution in [2.75, 3.05) is 0 Å². The molecular weight excluding hydrogens is 243 g/mol. The first-order chi connectivity index (χ1) is 7.67. The summed E-state index contributed by atoms with van der Waals surface area (Å²) in [4.78, 5) is 29.9. The van der Waals surface area contributed by atoms with Crippen LogP contribution in [-0.4, -0.2) is 28.7 Å². The van der Waals surface area contributed by atoms with E-state index >= 15 is 0 Å². The Labute approximate surface area is 95.1 Å². The van der Waals surface area contributed by atoms with E-state index in [1.807, 2.05) is 0 Å². The van der Waals surface area contributed by atoms with Gasteiger partial charge in [0.05, 0.1) is 0 Å². The number of nitro groups is 1. The molecule has 0 aromatic heterocycles. The van der Waals surface area contributed by atoms with Crippen LogP contribution in [0.25, 0.3) is 0 Å². The Morgan fingerprint density at radius 1 is 1.35 bits per heavy atom. The number of carbonyl (C=O) groups is 2. The Morgan fingerprint density at radius 3 is 2.18 bits per heavy atom. The minimum Gasteiger partial charge on any atom is -0.303 e. The van der Waals surface area contributed by atoms with E-state index in [-0.39, 0.29) is 6.29 Å². The predicted molar refractivity (Wildman–Crippen MR) is 51.0 cm³/mol. The second-order valence-electron chi connectivity index (χ2n) is 3.69. The molecule has 1 atom stereocenters. The van der Waals surface area contributed by atoms with Crippen LogP contribution >= 0.6 is 0 Å². The van der Waals surface area contributed by atoms with Gasteiger partial charge < -0.3 is 9.59 Å². The van der Waals surface area contributed by atoms with Crippen molar-refractivity contribution in [3.63, 3.8) is 0 Å². The molecule has 0 saturated carbocycles. The van der Waals surface area contributed by atoms with E-state index in [0.29, 0.717) is 0 Å². The van der Waals surface area contributed by atoms with Crippen molar-refractivity contribution in [3.8, 4) is 0 Å². The highest BCUT2D eigenvalue weighted by atomic mass is 19.4. The van der Waals surface area contributed by atoms with Gasteiger partial charge in [0.25, 0.3) is 0 Å². The second-order valence-corrected chi connectivity index (χ2v) is 3.69. The van der Waals surface area contributed by atoms with Gasteiger partial charge in [0, 0.05) is 30.6 Å². The Bertz CT molecular complexity index is 316. The molecule has 5 nitrogen and oxygen atoms in total. The SMILES string of the molecule is CC(=O)CCC(CCC=O)([N+](=O)[O-])C(F)(F)F. The van der Waals surface area contributed by atoms with E-state index in [1.165, 1.54) is 0 Å². The number of hydrogen-bond donors (Lipinski definition) is 0. The number of carbonyl (C=O) groups excluding carboxylic acids is 2. The summed E-state index contributed by atoms with van der Waals surface area (Å²) in [5.74, 6) is -0.563. The molecule has 0 aliphatic carbocycles. The van der Waals surface area contributed by atoms with Gasteiger partial charge in [-0.25, -0.2) is 0 Å². The van der Waals surface area contributed by atoms with Gasteiger partial charge >= 0.3 is 11.7 Å². The molecule has 0 bridgehead atoms. The van der Waals surface area contributed by atoms with E-state index in [1.54, 1.807) is 0 Å². The fourth-order valence-corrected chi connectivity index (χ4v) is 1.38. The summed E-state index contributed by atoms with van der Waals surface area (Å²) in [5, 5.41) is 10.6. The Kier molecular flexibility index (Phi) is 5.24. The third kappa shape index (κ3) is 3.79. The highest BCUT2D eigenvalue weighted by Gasteiger charge is 2.64. The van der Waals surface area contributed by atoms with Crippen LogP contribution in [0.1, 0.15) is 32.6 Å². The van der Waals surface area contributed by atoms with Crippen molar-refractivity contribution in [2.45, 2.75) is 44.3 Å². The summed E-state index contributed by atoms with van der Waals surface area (Å²) in [6.45, 7) is 1.06. The molecule has 0 saturated heterocycles. The molecule has 1 unspecified atom stereocenters. The van der Waals surface area contributed by atoms with Gasteiger partial charge in [-0.3, -0.25) is 10.1 Å². The fraction of sp³-hybridized carbons (Fsp3) is 0.778. The standard InChI is InChI=1S/C9H12F3NO4/c1-7(15)3-5-8(13(16)17,4-2-6-14)9(10,11)12/h6H,2-5H2,1H3. The van der Waals surface area contributed by atoms with Gasteiger partial charge in [0.15, 0.2) is 0 Å². The van der Waals surface area contributed by atoms with E-state index in [0.717, 1.165) is 6.92 Å². The Morgan fingerprint density at radius 2 is 1.88 bits per heavy atom. The summed E-state index contributed by atoms with van der Waals surface area (Å²) >= 11 is 0. The molecule has 0 aliphatic heterocycles. The van der Waals surface area contributed by atoms with Gasteiger partial charge in [-0.05, 0) is 6.92 Å². The normalized spacial score (nSPS) is 15.1. The molecular formula is C9H12F3NO4. The number of Topliss-reactive ketones (excluding diaryl/α,β-unsaturated/α-hetero) is 1. The van der Waals surface area contributed by atoms with E-state index in [4.69, 9.17) is 0 Å². The van der Waals surface area contributed by atoms with Gasteiger partial charge in [-0.1, -0.05) is 0 Å². The molecule has 0 radical (unpaired) electrons. The minimum absolute atomic E-state index is 0.192. The molecule has 0 aromatic rings. The smallest absolute Gasteiger partial charge is 0.303 e. The number of ketones is 1. The first kappa shape index (κ1) is 15.5. The summed E-state index contributed by atoms with van der Waals surface area (Å²) in [5.41, 5.74) is -3.21. The maximum Gasteiger partial charge on any atom is 0.460 e. The molecule has 0 fully saturated rings. The molecule has 0 aliphatic rings. The van der Waals surface area contributed by atoms with Crippen molar-refractivity contribution >= 4 is 12.1 Å². The van der Waals surface area contributed by atoms with Gasteiger partial charge in [0.1, 0.15) is 12.1 Å². The molecule has 0 rings (SSSR count). The number of hydrogen-bond acceptors (Lipinski definition) is 4. The summed E-state index contributed by atoms with van der Waals surface area (Å²) in [6, 6.07) is 0. The highest BCUT2D eigenvalue weighted by Crippen LogP contribution is 2.40. The minimum atomic E-state index is -5.09. The number of rotatable bonds is 7. The first-order valence-electron chi connectivity index (χ1n) is 4.81. The van der Waals surface area contributed by atoms with Crippen molar-refractivity contribution in [1.82, 2.24) is 0 Å². The van der Waals surface area contributed by atoms with E-state index in [2.05, 4.69) is 0 Å². The summed E-state index contributed by atoms with van der Waals surface area (Å²) in [6.07, 6.45) is -7.89. The second kappa shape index (κ2) is 5.74. The molecule has 0 N–H and O–H groups in total. The largest absolute Gasteiger partial charge is 0.460 e. The van der Waals surface area contributed by atoms with E-state index < -0.39 is 48.1 Å². The molecule has 0 spiro atoms. The van der Waals surface area contributed by atoms with Gasteiger partial charge in [-0.2, -0.15) is 13.2 Å². The van der Waals surface area contributed by atoms with Crippen LogP contribution in [-0.2, 0) is 9.59 Å². The van der Waals surface area contributed by atoms with Crippen LogP contribution in [0.15, 0.2) is 0 Å². The average molecular weight is 255 g/mol. The number of nitrogens with zero attached hydrogens (tertiary/aromatic N) is 1. The fourth-order valence-electron chi connectivity index (χ4n) is 1.38. The molecule has 0 aromatic carbocycles. The van der Waals surface area contributed by atoms with E-state index in [9.17, 15) is 32.9 Å². The number of alkyl halides is 3. The Balaban J connectivity index is 5.17. The third-order valence-electron chi connectivity index (χ3n) is 2.44. The zero-order valence-corrected chi connectivity index (χ0v) is 9.12. The molecule has 8 heteroatoms. The zero-order chi connectivity index (χ0) is 13.7. The van der Waals surface area contributed by atoms with Crippen LogP contribution in [0.4, 0.5) is 13.2 Å². The van der Waals surface area contributed by atoms with Crippen LogP contribution in [0.2, 0.25) is 0 Å². The monoisotopic (exact) mass is 255 g/mol. The quantitative estimate of drug-likeness (QED) is 0.395. The van der Waals surface area contributed by atoms with Crippen LogP contribution in [0, 0.1) is 10.1 Å². The van der Waals surface area contributed by atoms with Crippen molar-refractivity contribution in [3.05, 3.63) is 10.1 Å². The highest BCUT2D eigenvalue weighted by molar-refractivity contribution is 5.75. The van der Waals surface area contributed by atoms with Crippen LogP contribution in [0.5, 0.6) is 0 Å².